The molecule has 0 aliphatic rings. The lowest BCUT2D eigenvalue weighted by Crippen LogP contribution is -1.95. The van der Waals surface area contributed by atoms with Crippen LogP contribution in [0.2, 0.25) is 0 Å². The summed E-state index contributed by atoms with van der Waals surface area (Å²) in [5.74, 6) is 0.657. The quantitative estimate of drug-likeness (QED) is 0.633. The van der Waals surface area contributed by atoms with Crippen molar-refractivity contribution in [3.63, 3.8) is 0 Å². The van der Waals surface area contributed by atoms with Gasteiger partial charge in [0, 0.05) is 0 Å². The van der Waals surface area contributed by atoms with Crippen LogP contribution in [0.15, 0.2) is 35.7 Å². The van der Waals surface area contributed by atoms with E-state index < -0.39 is 0 Å². The molecule has 0 atom stereocenters. The Labute approximate surface area is 95.2 Å². The fraction of sp³-hybridized carbons (Fsp3) is 0. The molecule has 0 aliphatic carbocycles. The standard InChI is InChI=1S/C11H7N3OS/c15-7-8-3-1-5-10-12-11(13-14(8)10)9-4-2-6-16-9/h1-7H. The van der Waals surface area contributed by atoms with E-state index in [0.29, 0.717) is 17.2 Å². The number of rotatable bonds is 2. The summed E-state index contributed by atoms with van der Waals surface area (Å²) >= 11 is 1.58. The molecule has 4 nitrogen and oxygen atoms in total. The summed E-state index contributed by atoms with van der Waals surface area (Å²) in [7, 11) is 0. The minimum absolute atomic E-state index is 0.507. The van der Waals surface area contributed by atoms with Crippen molar-refractivity contribution in [3.05, 3.63) is 41.4 Å². The fourth-order valence-electron chi connectivity index (χ4n) is 1.52. The fourth-order valence-corrected chi connectivity index (χ4v) is 2.18. The predicted octanol–water partition coefficient (Wildman–Crippen LogP) is 2.27. The first kappa shape index (κ1) is 9.23. The van der Waals surface area contributed by atoms with Crippen molar-refractivity contribution in [1.82, 2.24) is 14.6 Å². The summed E-state index contributed by atoms with van der Waals surface area (Å²) < 4.78 is 1.56. The lowest BCUT2D eigenvalue weighted by molar-refractivity contribution is 0.111. The Kier molecular flexibility index (Phi) is 2.04. The second-order valence-electron chi connectivity index (χ2n) is 3.25. The molecule has 5 heteroatoms. The van der Waals surface area contributed by atoms with Gasteiger partial charge in [-0.05, 0) is 23.6 Å². The molecule has 78 valence electrons. The van der Waals surface area contributed by atoms with Gasteiger partial charge in [-0.3, -0.25) is 4.79 Å². The van der Waals surface area contributed by atoms with Crippen LogP contribution in [-0.2, 0) is 0 Å². The number of hydrogen-bond donors (Lipinski definition) is 0. The number of carbonyl (C=O) groups excluding carboxylic acids is 1. The normalized spacial score (nSPS) is 10.8. The largest absolute Gasteiger partial charge is 0.296 e. The average Bonchev–Trinajstić information content (AvgIpc) is 2.96. The van der Waals surface area contributed by atoms with E-state index in [-0.39, 0.29) is 0 Å². The highest BCUT2D eigenvalue weighted by atomic mass is 32.1. The molecule has 0 N–H and O–H groups in total. The smallest absolute Gasteiger partial charge is 0.192 e. The van der Waals surface area contributed by atoms with Gasteiger partial charge in [0.1, 0.15) is 5.69 Å². The van der Waals surface area contributed by atoms with Gasteiger partial charge in [0.25, 0.3) is 0 Å². The third-order valence-electron chi connectivity index (χ3n) is 2.25. The molecule has 0 unspecified atom stereocenters. The van der Waals surface area contributed by atoms with Gasteiger partial charge in [-0.25, -0.2) is 9.50 Å². The van der Waals surface area contributed by atoms with Crippen LogP contribution >= 0.6 is 11.3 Å². The maximum Gasteiger partial charge on any atom is 0.192 e. The second kappa shape index (κ2) is 3.53. The lowest BCUT2D eigenvalue weighted by Gasteiger charge is -1.92. The number of nitrogens with zero attached hydrogens (tertiary/aromatic N) is 3. The zero-order valence-electron chi connectivity index (χ0n) is 8.20. The van der Waals surface area contributed by atoms with Crippen molar-refractivity contribution < 1.29 is 4.79 Å². The minimum atomic E-state index is 0.507. The molecule has 0 radical (unpaired) electrons. The Morgan fingerprint density at radius 2 is 2.19 bits per heavy atom. The molecule has 0 saturated carbocycles. The Hall–Kier alpha value is -2.01. The SMILES string of the molecule is O=Cc1cccc2nc(-c3cccs3)nn12. The zero-order valence-corrected chi connectivity index (χ0v) is 9.02. The molecule has 0 saturated heterocycles. The van der Waals surface area contributed by atoms with E-state index in [1.807, 2.05) is 23.6 Å². The molecule has 3 heterocycles. The van der Waals surface area contributed by atoms with Crippen molar-refractivity contribution in [2.75, 3.05) is 0 Å². The average molecular weight is 229 g/mol. The van der Waals surface area contributed by atoms with Crippen LogP contribution in [-0.4, -0.2) is 20.9 Å². The number of aromatic nitrogens is 3. The summed E-state index contributed by atoms with van der Waals surface area (Å²) in [6.45, 7) is 0. The van der Waals surface area contributed by atoms with Crippen molar-refractivity contribution in [3.8, 4) is 10.7 Å². The van der Waals surface area contributed by atoms with E-state index in [1.54, 1.807) is 28.0 Å². The monoisotopic (exact) mass is 229 g/mol. The van der Waals surface area contributed by atoms with Crippen LogP contribution < -0.4 is 0 Å². The molecule has 3 rings (SSSR count). The van der Waals surface area contributed by atoms with Gasteiger partial charge in [0.2, 0.25) is 0 Å². The van der Waals surface area contributed by atoms with E-state index >= 15 is 0 Å². The minimum Gasteiger partial charge on any atom is -0.296 e. The summed E-state index contributed by atoms with van der Waals surface area (Å²) in [5, 5.41) is 6.28. The molecule has 3 aromatic rings. The molecule has 3 aromatic heterocycles. The number of hydrogen-bond acceptors (Lipinski definition) is 4. The van der Waals surface area contributed by atoms with Crippen molar-refractivity contribution in [2.24, 2.45) is 0 Å². The molecular formula is C11H7N3OS. The van der Waals surface area contributed by atoms with Gasteiger partial charge in [0.15, 0.2) is 17.8 Å². The van der Waals surface area contributed by atoms with Crippen LogP contribution in [0.25, 0.3) is 16.3 Å². The van der Waals surface area contributed by atoms with E-state index in [0.717, 1.165) is 11.2 Å². The number of thiophene rings is 1. The Bertz CT molecular complexity index is 642. The van der Waals surface area contributed by atoms with Crippen LogP contribution in [0.3, 0.4) is 0 Å². The second-order valence-corrected chi connectivity index (χ2v) is 4.20. The number of carbonyl (C=O) groups is 1. The Balaban J connectivity index is 2.27. The third kappa shape index (κ3) is 1.33. The van der Waals surface area contributed by atoms with Crippen LogP contribution in [0.5, 0.6) is 0 Å². The topological polar surface area (TPSA) is 47.3 Å². The van der Waals surface area contributed by atoms with Crippen molar-refractivity contribution in [1.29, 1.82) is 0 Å². The third-order valence-corrected chi connectivity index (χ3v) is 3.12. The summed E-state index contributed by atoms with van der Waals surface area (Å²) in [5.41, 5.74) is 1.20. The number of aldehydes is 1. The van der Waals surface area contributed by atoms with Crippen molar-refractivity contribution in [2.45, 2.75) is 0 Å². The first-order valence-electron chi connectivity index (χ1n) is 4.73. The van der Waals surface area contributed by atoms with E-state index in [9.17, 15) is 4.79 Å². The molecular weight excluding hydrogens is 222 g/mol. The molecule has 0 fully saturated rings. The van der Waals surface area contributed by atoms with Gasteiger partial charge in [-0.15, -0.1) is 16.4 Å². The Morgan fingerprint density at radius 1 is 1.25 bits per heavy atom. The van der Waals surface area contributed by atoms with Crippen LogP contribution in [0, 0.1) is 0 Å². The summed E-state index contributed by atoms with van der Waals surface area (Å²) in [6, 6.07) is 9.25. The van der Waals surface area contributed by atoms with Gasteiger partial charge in [0.05, 0.1) is 4.88 Å². The first-order valence-corrected chi connectivity index (χ1v) is 5.61. The first-order chi connectivity index (χ1) is 7.88. The van der Waals surface area contributed by atoms with E-state index in [4.69, 9.17) is 0 Å². The lowest BCUT2D eigenvalue weighted by atomic mass is 10.4. The molecule has 0 aliphatic heterocycles. The zero-order chi connectivity index (χ0) is 11.0. The van der Waals surface area contributed by atoms with Gasteiger partial charge >= 0.3 is 0 Å². The summed E-state index contributed by atoms with van der Waals surface area (Å²) in [4.78, 5) is 16.2. The van der Waals surface area contributed by atoms with Gasteiger partial charge in [-0.2, -0.15) is 0 Å². The van der Waals surface area contributed by atoms with Crippen molar-refractivity contribution >= 4 is 23.3 Å². The van der Waals surface area contributed by atoms with Crippen LogP contribution in [0.4, 0.5) is 0 Å². The van der Waals surface area contributed by atoms with Crippen LogP contribution in [0.1, 0.15) is 10.5 Å². The molecule has 16 heavy (non-hydrogen) atoms. The van der Waals surface area contributed by atoms with Gasteiger partial charge < -0.3 is 0 Å². The van der Waals surface area contributed by atoms with E-state index in [2.05, 4.69) is 10.1 Å². The Morgan fingerprint density at radius 3 is 2.94 bits per heavy atom. The van der Waals surface area contributed by atoms with E-state index in [1.165, 1.54) is 0 Å². The maximum absolute atomic E-state index is 10.8. The maximum atomic E-state index is 10.8. The molecule has 0 amide bonds. The molecule has 0 bridgehead atoms. The number of fused-ring (bicyclic) bond motifs is 1. The highest BCUT2D eigenvalue weighted by Gasteiger charge is 2.08. The highest BCUT2D eigenvalue weighted by Crippen LogP contribution is 2.21. The molecule has 0 aromatic carbocycles. The predicted molar refractivity (Wildman–Crippen MR) is 61.7 cm³/mol. The number of pyridine rings is 1. The van der Waals surface area contributed by atoms with Gasteiger partial charge in [-0.1, -0.05) is 12.1 Å². The summed E-state index contributed by atoms with van der Waals surface area (Å²) in [6.07, 6.45) is 0.778. The molecule has 0 spiro atoms. The highest BCUT2D eigenvalue weighted by molar-refractivity contribution is 7.13.